The summed E-state index contributed by atoms with van der Waals surface area (Å²) in [5.74, 6) is 0.995. The van der Waals surface area contributed by atoms with Gasteiger partial charge in [-0.2, -0.15) is 0 Å². The predicted molar refractivity (Wildman–Crippen MR) is 84.2 cm³/mol. The Morgan fingerprint density at radius 1 is 1.44 bits per heavy atom. The van der Waals surface area contributed by atoms with E-state index in [1.54, 1.807) is 0 Å². The summed E-state index contributed by atoms with van der Waals surface area (Å²) in [5, 5.41) is 5.91. The largest absolute Gasteiger partial charge is 0.309 e. The van der Waals surface area contributed by atoms with Crippen molar-refractivity contribution in [1.29, 1.82) is 0 Å². The molecule has 1 saturated carbocycles. The first kappa shape index (κ1) is 14.5. The molecule has 0 saturated heterocycles. The molecule has 1 heterocycles. The molecule has 18 heavy (non-hydrogen) atoms. The van der Waals surface area contributed by atoms with Gasteiger partial charge in [0.25, 0.3) is 0 Å². The fourth-order valence-electron chi connectivity index (χ4n) is 2.90. The fraction of sp³-hybridized carbons (Fsp3) is 0.733. The van der Waals surface area contributed by atoms with Crippen LogP contribution in [0.3, 0.4) is 0 Å². The van der Waals surface area contributed by atoms with E-state index in [0.29, 0.717) is 6.04 Å². The van der Waals surface area contributed by atoms with Gasteiger partial charge >= 0.3 is 0 Å². The highest BCUT2D eigenvalue weighted by Gasteiger charge is 2.20. The molecular formula is C15H24BrNS. The van der Waals surface area contributed by atoms with E-state index in [1.807, 2.05) is 11.3 Å². The first-order valence-electron chi connectivity index (χ1n) is 7.27. The van der Waals surface area contributed by atoms with E-state index in [9.17, 15) is 0 Å². The zero-order chi connectivity index (χ0) is 12.8. The van der Waals surface area contributed by atoms with Crippen molar-refractivity contribution in [3.63, 3.8) is 0 Å². The molecule has 1 aliphatic carbocycles. The van der Waals surface area contributed by atoms with Gasteiger partial charge in [0.15, 0.2) is 0 Å². The second-order valence-corrected chi connectivity index (χ2v) is 7.17. The maximum atomic E-state index is 3.72. The van der Waals surface area contributed by atoms with Crippen LogP contribution in [0.5, 0.6) is 0 Å². The van der Waals surface area contributed by atoms with Gasteiger partial charge in [-0.3, -0.25) is 0 Å². The highest BCUT2D eigenvalue weighted by molar-refractivity contribution is 9.10. The van der Waals surface area contributed by atoms with Crippen LogP contribution in [0.2, 0.25) is 0 Å². The van der Waals surface area contributed by atoms with E-state index in [2.05, 4.69) is 39.6 Å². The third kappa shape index (κ3) is 4.07. The molecule has 0 bridgehead atoms. The van der Waals surface area contributed by atoms with Crippen molar-refractivity contribution in [2.45, 2.75) is 57.9 Å². The highest BCUT2D eigenvalue weighted by Crippen LogP contribution is 2.35. The van der Waals surface area contributed by atoms with E-state index in [-0.39, 0.29) is 0 Å². The summed E-state index contributed by atoms with van der Waals surface area (Å²) >= 11 is 5.56. The van der Waals surface area contributed by atoms with Crippen molar-refractivity contribution in [3.8, 4) is 0 Å². The Kier molecular flexibility index (Phi) is 6.19. The molecule has 1 aromatic heterocycles. The van der Waals surface area contributed by atoms with Gasteiger partial charge in [0.2, 0.25) is 0 Å². The molecule has 1 fully saturated rings. The maximum Gasteiger partial charge on any atom is 0.0426 e. The van der Waals surface area contributed by atoms with Crippen LogP contribution < -0.4 is 5.32 Å². The molecule has 1 atom stereocenters. The van der Waals surface area contributed by atoms with Crippen LogP contribution in [0.1, 0.15) is 62.8 Å². The molecule has 2 rings (SSSR count). The molecule has 1 nitrogen and oxygen atoms in total. The average molecular weight is 330 g/mol. The Morgan fingerprint density at radius 2 is 2.22 bits per heavy atom. The van der Waals surface area contributed by atoms with Crippen LogP contribution in [0, 0.1) is 5.92 Å². The minimum absolute atomic E-state index is 0.555. The van der Waals surface area contributed by atoms with Crippen LogP contribution in [-0.4, -0.2) is 6.54 Å². The molecule has 0 aliphatic heterocycles. The molecule has 1 aliphatic rings. The van der Waals surface area contributed by atoms with E-state index >= 15 is 0 Å². The molecule has 3 heteroatoms. The van der Waals surface area contributed by atoms with Crippen molar-refractivity contribution in [2.75, 3.05) is 6.54 Å². The minimum atomic E-state index is 0.555. The number of hydrogen-bond donors (Lipinski definition) is 1. The summed E-state index contributed by atoms with van der Waals surface area (Å²) in [4.78, 5) is 1.49. The van der Waals surface area contributed by atoms with Crippen molar-refractivity contribution in [1.82, 2.24) is 5.32 Å². The zero-order valence-electron chi connectivity index (χ0n) is 11.3. The second-order valence-electron chi connectivity index (χ2n) is 5.37. The first-order chi connectivity index (χ1) is 8.81. The maximum absolute atomic E-state index is 3.72. The highest BCUT2D eigenvalue weighted by atomic mass is 79.9. The molecule has 0 radical (unpaired) electrons. The van der Waals surface area contributed by atoms with Crippen LogP contribution in [-0.2, 0) is 0 Å². The van der Waals surface area contributed by atoms with Gasteiger partial charge in [-0.1, -0.05) is 32.6 Å². The van der Waals surface area contributed by atoms with Crippen LogP contribution in [0.4, 0.5) is 0 Å². The molecule has 0 amide bonds. The van der Waals surface area contributed by atoms with Gasteiger partial charge in [-0.15, -0.1) is 11.3 Å². The van der Waals surface area contributed by atoms with Crippen molar-refractivity contribution in [2.24, 2.45) is 5.92 Å². The van der Waals surface area contributed by atoms with Gasteiger partial charge in [-0.05, 0) is 59.1 Å². The Balaban J connectivity index is 1.90. The van der Waals surface area contributed by atoms with Gasteiger partial charge < -0.3 is 5.32 Å². The van der Waals surface area contributed by atoms with Crippen LogP contribution in [0.15, 0.2) is 15.9 Å². The van der Waals surface area contributed by atoms with Crippen molar-refractivity contribution < 1.29 is 0 Å². The normalized spacial score (nSPS) is 18.3. The third-order valence-corrected chi connectivity index (χ3v) is 5.92. The standard InChI is InChI=1S/C15H24BrNS/c1-2-10-17-14(15-13(16)9-11-18-15)8-7-12-5-3-4-6-12/h9,11-12,14,17H,2-8,10H2,1H3. The summed E-state index contributed by atoms with van der Waals surface area (Å²) < 4.78 is 1.28. The summed E-state index contributed by atoms with van der Waals surface area (Å²) in [7, 11) is 0. The Morgan fingerprint density at radius 3 is 2.83 bits per heavy atom. The number of rotatable bonds is 7. The van der Waals surface area contributed by atoms with Gasteiger partial charge in [-0.25, -0.2) is 0 Å². The van der Waals surface area contributed by atoms with E-state index in [4.69, 9.17) is 0 Å². The van der Waals surface area contributed by atoms with Crippen molar-refractivity contribution >= 4 is 27.3 Å². The number of nitrogens with one attached hydrogen (secondary N) is 1. The first-order valence-corrected chi connectivity index (χ1v) is 8.94. The van der Waals surface area contributed by atoms with Crippen LogP contribution >= 0.6 is 27.3 Å². The zero-order valence-corrected chi connectivity index (χ0v) is 13.7. The monoisotopic (exact) mass is 329 g/mol. The second kappa shape index (κ2) is 7.66. The van der Waals surface area contributed by atoms with Gasteiger partial charge in [0, 0.05) is 15.4 Å². The molecule has 102 valence electrons. The smallest absolute Gasteiger partial charge is 0.0426 e. The minimum Gasteiger partial charge on any atom is -0.309 e. The van der Waals surface area contributed by atoms with Gasteiger partial charge in [0.1, 0.15) is 0 Å². The van der Waals surface area contributed by atoms with Crippen LogP contribution in [0.25, 0.3) is 0 Å². The number of hydrogen-bond acceptors (Lipinski definition) is 2. The Labute approximate surface area is 123 Å². The van der Waals surface area contributed by atoms with Crippen molar-refractivity contribution in [3.05, 3.63) is 20.8 Å². The Bertz CT molecular complexity index is 344. The molecule has 1 N–H and O–H groups in total. The summed E-state index contributed by atoms with van der Waals surface area (Å²) in [6, 6.07) is 2.73. The predicted octanol–water partition coefficient (Wildman–Crippen LogP) is 5.52. The molecule has 1 aromatic rings. The summed E-state index contributed by atoms with van der Waals surface area (Å²) in [6.07, 6.45) is 9.75. The molecule has 0 aromatic carbocycles. The van der Waals surface area contributed by atoms with E-state index in [1.165, 1.54) is 54.3 Å². The molecular weight excluding hydrogens is 306 g/mol. The third-order valence-electron chi connectivity index (χ3n) is 3.94. The van der Waals surface area contributed by atoms with Gasteiger partial charge in [0.05, 0.1) is 0 Å². The average Bonchev–Trinajstić information content (AvgIpc) is 3.01. The number of thiophene rings is 1. The lowest BCUT2D eigenvalue weighted by molar-refractivity contribution is 0.414. The SMILES string of the molecule is CCCNC(CCC1CCCC1)c1sccc1Br. The van der Waals surface area contributed by atoms with E-state index in [0.717, 1.165) is 12.5 Å². The molecule has 0 spiro atoms. The summed E-state index contributed by atoms with van der Waals surface area (Å²) in [5.41, 5.74) is 0. The number of halogens is 1. The molecule has 1 unspecified atom stereocenters. The topological polar surface area (TPSA) is 12.0 Å². The lowest BCUT2D eigenvalue weighted by atomic mass is 9.98. The lowest BCUT2D eigenvalue weighted by Gasteiger charge is -2.20. The van der Waals surface area contributed by atoms with E-state index < -0.39 is 0 Å². The Hall–Kier alpha value is 0.140. The lowest BCUT2D eigenvalue weighted by Crippen LogP contribution is -2.22. The quantitative estimate of drug-likeness (QED) is 0.694. The summed E-state index contributed by atoms with van der Waals surface area (Å²) in [6.45, 7) is 3.37. The fourth-order valence-corrected chi connectivity index (χ4v) is 4.66.